The monoisotopic (exact) mass is 332 g/mol. The topological polar surface area (TPSA) is 0 Å². The molecule has 0 radical (unpaired) electrons. The van der Waals surface area contributed by atoms with Crippen LogP contribution in [0.4, 0.5) is 0 Å². The van der Waals surface area contributed by atoms with Crippen LogP contribution in [0.5, 0.6) is 0 Å². The Morgan fingerprint density at radius 2 is 1.62 bits per heavy atom. The second-order valence-electron chi connectivity index (χ2n) is 10.8. The van der Waals surface area contributed by atoms with Gasteiger partial charge in [0.15, 0.2) is 0 Å². The van der Waals surface area contributed by atoms with Crippen LogP contribution in [-0.2, 0) is 0 Å². The predicted octanol–water partition coefficient (Wildman–Crippen LogP) is 7.43. The molecule has 3 aliphatic carbocycles. The minimum atomic E-state index is 0.897. The van der Waals surface area contributed by atoms with Crippen LogP contribution < -0.4 is 0 Å². The van der Waals surface area contributed by atoms with Gasteiger partial charge >= 0.3 is 0 Å². The summed E-state index contributed by atoms with van der Waals surface area (Å²) in [6, 6.07) is 0. The highest BCUT2D eigenvalue weighted by Gasteiger charge is 2.44. The maximum atomic E-state index is 2.62. The summed E-state index contributed by atoms with van der Waals surface area (Å²) in [6.07, 6.45) is 12.3. The standard InChI is InChI=1S/C24H44/c1-15(2)21-13-19-8-7-9-22(19)23(14-21)17(5)10-11-20-12-18(6)24(20)16(3)4/h15-24H,7-14H2,1-6H3. The van der Waals surface area contributed by atoms with Crippen molar-refractivity contribution in [2.75, 3.05) is 0 Å². The van der Waals surface area contributed by atoms with Crippen LogP contribution in [0.15, 0.2) is 0 Å². The zero-order valence-corrected chi connectivity index (χ0v) is 17.4. The molecule has 140 valence electrons. The van der Waals surface area contributed by atoms with Gasteiger partial charge in [-0.25, -0.2) is 0 Å². The lowest BCUT2D eigenvalue weighted by Gasteiger charge is -2.47. The molecule has 0 heteroatoms. The van der Waals surface area contributed by atoms with Crippen LogP contribution in [0.25, 0.3) is 0 Å². The van der Waals surface area contributed by atoms with E-state index in [9.17, 15) is 0 Å². The summed E-state index contributed by atoms with van der Waals surface area (Å²) in [5, 5.41) is 0. The first-order valence-electron chi connectivity index (χ1n) is 11.4. The molecule has 0 heterocycles. The molecule has 0 aromatic rings. The summed E-state index contributed by atoms with van der Waals surface area (Å²) in [5.41, 5.74) is 0. The zero-order valence-electron chi connectivity index (χ0n) is 17.4. The molecule has 8 atom stereocenters. The third kappa shape index (κ3) is 3.73. The first-order valence-corrected chi connectivity index (χ1v) is 11.4. The molecule has 0 amide bonds. The highest BCUT2D eigenvalue weighted by Crippen LogP contribution is 2.53. The fourth-order valence-corrected chi connectivity index (χ4v) is 7.39. The first-order chi connectivity index (χ1) is 11.4. The van der Waals surface area contributed by atoms with E-state index in [-0.39, 0.29) is 0 Å². The molecule has 0 aliphatic heterocycles. The minimum absolute atomic E-state index is 0.897. The van der Waals surface area contributed by atoms with Crippen LogP contribution in [0.1, 0.15) is 92.9 Å². The van der Waals surface area contributed by atoms with Crippen molar-refractivity contribution in [3.8, 4) is 0 Å². The van der Waals surface area contributed by atoms with Gasteiger partial charge in [0.25, 0.3) is 0 Å². The Balaban J connectivity index is 1.56. The number of rotatable bonds is 6. The van der Waals surface area contributed by atoms with Crippen LogP contribution in [-0.4, -0.2) is 0 Å². The molecule has 0 nitrogen and oxygen atoms in total. The van der Waals surface area contributed by atoms with E-state index in [0.717, 1.165) is 59.2 Å². The van der Waals surface area contributed by atoms with Crippen LogP contribution in [0, 0.1) is 59.2 Å². The van der Waals surface area contributed by atoms with E-state index in [1.807, 2.05) is 0 Å². The van der Waals surface area contributed by atoms with Crippen molar-refractivity contribution in [2.24, 2.45) is 59.2 Å². The lowest BCUT2D eigenvalue weighted by molar-refractivity contribution is 0.0209. The van der Waals surface area contributed by atoms with Gasteiger partial charge in [0, 0.05) is 0 Å². The zero-order chi connectivity index (χ0) is 17.4. The summed E-state index contributed by atoms with van der Waals surface area (Å²) in [6.45, 7) is 15.0. The second kappa shape index (κ2) is 7.71. The number of hydrogen-bond donors (Lipinski definition) is 0. The summed E-state index contributed by atoms with van der Waals surface area (Å²) in [5.74, 6) is 10.1. The third-order valence-corrected chi connectivity index (χ3v) is 8.76. The Morgan fingerprint density at radius 3 is 2.25 bits per heavy atom. The molecule has 0 N–H and O–H groups in total. The van der Waals surface area contributed by atoms with Crippen molar-refractivity contribution < 1.29 is 0 Å². The third-order valence-electron chi connectivity index (χ3n) is 8.76. The number of fused-ring (bicyclic) bond motifs is 1. The fraction of sp³-hybridized carbons (Fsp3) is 1.00. The summed E-state index contributed by atoms with van der Waals surface area (Å²) in [7, 11) is 0. The summed E-state index contributed by atoms with van der Waals surface area (Å²) >= 11 is 0. The Hall–Kier alpha value is 0. The molecule has 0 aromatic heterocycles. The molecular formula is C24H44. The predicted molar refractivity (Wildman–Crippen MR) is 106 cm³/mol. The van der Waals surface area contributed by atoms with Gasteiger partial charge in [0.2, 0.25) is 0 Å². The van der Waals surface area contributed by atoms with Gasteiger partial charge in [-0.3, -0.25) is 0 Å². The molecule has 0 aromatic carbocycles. The lowest BCUT2D eigenvalue weighted by Crippen LogP contribution is -2.39. The molecule has 3 saturated carbocycles. The van der Waals surface area contributed by atoms with Gasteiger partial charge in [-0.2, -0.15) is 0 Å². The van der Waals surface area contributed by atoms with Crippen molar-refractivity contribution in [1.29, 1.82) is 0 Å². The van der Waals surface area contributed by atoms with Crippen LogP contribution >= 0.6 is 0 Å². The van der Waals surface area contributed by atoms with Gasteiger partial charge in [0.05, 0.1) is 0 Å². The van der Waals surface area contributed by atoms with Crippen molar-refractivity contribution >= 4 is 0 Å². The van der Waals surface area contributed by atoms with Crippen molar-refractivity contribution in [3.63, 3.8) is 0 Å². The summed E-state index contributed by atoms with van der Waals surface area (Å²) in [4.78, 5) is 0. The first kappa shape index (κ1) is 18.8. The highest BCUT2D eigenvalue weighted by atomic mass is 14.5. The SMILES string of the molecule is CC(C)C1CC2CCCC2C(C(C)CCC2CC(C)C2C(C)C)C1. The Kier molecular flexibility index (Phi) is 6.03. The molecule has 0 spiro atoms. The molecule has 24 heavy (non-hydrogen) atoms. The normalized spacial score (nSPS) is 43.8. The van der Waals surface area contributed by atoms with Gasteiger partial charge < -0.3 is 0 Å². The molecule has 0 saturated heterocycles. The van der Waals surface area contributed by atoms with Crippen LogP contribution in [0.2, 0.25) is 0 Å². The van der Waals surface area contributed by atoms with E-state index in [1.165, 1.54) is 25.7 Å². The van der Waals surface area contributed by atoms with Gasteiger partial charge in [-0.05, 0) is 91.3 Å². The lowest BCUT2D eigenvalue weighted by atomic mass is 9.58. The Morgan fingerprint density at radius 1 is 0.875 bits per heavy atom. The van der Waals surface area contributed by atoms with E-state index in [0.29, 0.717) is 0 Å². The smallest absolute Gasteiger partial charge is 0.0337 e. The van der Waals surface area contributed by atoms with Crippen LogP contribution in [0.3, 0.4) is 0 Å². The van der Waals surface area contributed by atoms with Crippen molar-refractivity contribution in [3.05, 3.63) is 0 Å². The fourth-order valence-electron chi connectivity index (χ4n) is 7.39. The second-order valence-corrected chi connectivity index (χ2v) is 10.8. The molecule has 0 bridgehead atoms. The quantitative estimate of drug-likeness (QED) is 0.474. The largest absolute Gasteiger partial charge is 0.0625 e. The van der Waals surface area contributed by atoms with Crippen molar-refractivity contribution in [1.82, 2.24) is 0 Å². The maximum absolute atomic E-state index is 2.62. The van der Waals surface area contributed by atoms with Crippen molar-refractivity contribution in [2.45, 2.75) is 92.9 Å². The molecule has 3 aliphatic rings. The van der Waals surface area contributed by atoms with Gasteiger partial charge in [0.1, 0.15) is 0 Å². The molecule has 3 rings (SSSR count). The van der Waals surface area contributed by atoms with E-state index >= 15 is 0 Å². The Bertz CT molecular complexity index is 390. The Labute approximate surface area is 152 Å². The van der Waals surface area contributed by atoms with E-state index in [1.54, 1.807) is 25.7 Å². The average molecular weight is 333 g/mol. The van der Waals surface area contributed by atoms with E-state index in [4.69, 9.17) is 0 Å². The summed E-state index contributed by atoms with van der Waals surface area (Å²) < 4.78 is 0. The van der Waals surface area contributed by atoms with E-state index in [2.05, 4.69) is 41.5 Å². The molecule has 3 fully saturated rings. The number of hydrogen-bond acceptors (Lipinski definition) is 0. The minimum Gasteiger partial charge on any atom is -0.0625 e. The van der Waals surface area contributed by atoms with Gasteiger partial charge in [-0.1, -0.05) is 60.8 Å². The highest BCUT2D eigenvalue weighted by molar-refractivity contribution is 4.94. The molecular weight excluding hydrogens is 288 g/mol. The van der Waals surface area contributed by atoms with E-state index < -0.39 is 0 Å². The average Bonchev–Trinajstić information content (AvgIpc) is 2.97. The molecule has 8 unspecified atom stereocenters. The maximum Gasteiger partial charge on any atom is -0.0337 e. The van der Waals surface area contributed by atoms with Gasteiger partial charge in [-0.15, -0.1) is 0 Å².